The first-order chi connectivity index (χ1) is 13.4. The van der Waals surface area contributed by atoms with Crippen LogP contribution < -0.4 is 20.9 Å². The summed E-state index contributed by atoms with van der Waals surface area (Å²) in [5, 5.41) is 16.0. The molecule has 1 heterocycles. The van der Waals surface area contributed by atoms with Gasteiger partial charge in [0.05, 0.1) is 11.9 Å². The lowest BCUT2D eigenvalue weighted by Gasteiger charge is -2.13. The van der Waals surface area contributed by atoms with Crippen molar-refractivity contribution in [3.8, 4) is 0 Å². The van der Waals surface area contributed by atoms with E-state index >= 15 is 0 Å². The largest absolute Gasteiger partial charge is 0.376 e. The number of carbonyl (C=O) groups is 1. The normalized spacial score (nSPS) is 10.3. The van der Waals surface area contributed by atoms with Crippen molar-refractivity contribution in [3.63, 3.8) is 0 Å². The molecule has 0 aliphatic rings. The lowest BCUT2D eigenvalue weighted by atomic mass is 10.2. The van der Waals surface area contributed by atoms with Gasteiger partial charge in [-0.1, -0.05) is 0 Å². The molecule has 0 aliphatic heterocycles. The third-order valence-corrected chi connectivity index (χ3v) is 3.69. The highest BCUT2D eigenvalue weighted by Crippen LogP contribution is 2.20. The van der Waals surface area contributed by atoms with E-state index in [2.05, 4.69) is 26.1 Å². The molecule has 0 bridgehead atoms. The Labute approximate surface area is 160 Å². The highest BCUT2D eigenvalue weighted by atomic mass is 19.1. The summed E-state index contributed by atoms with van der Waals surface area (Å²) in [4.78, 5) is 13.9. The van der Waals surface area contributed by atoms with E-state index in [1.165, 1.54) is 0 Å². The topological polar surface area (TPSA) is 82.2 Å². The van der Waals surface area contributed by atoms with Gasteiger partial charge in [-0.3, -0.25) is 0 Å². The van der Waals surface area contributed by atoms with E-state index in [4.69, 9.17) is 0 Å². The van der Waals surface area contributed by atoms with Gasteiger partial charge in [0.15, 0.2) is 5.82 Å². The predicted octanol–water partition coefficient (Wildman–Crippen LogP) is 4.21. The van der Waals surface area contributed by atoms with Crippen LogP contribution in [-0.2, 0) is 0 Å². The number of benzene rings is 2. The summed E-state index contributed by atoms with van der Waals surface area (Å²) < 4.78 is 26.3. The van der Waals surface area contributed by atoms with Crippen molar-refractivity contribution in [2.24, 2.45) is 0 Å². The quantitative estimate of drug-likeness (QED) is 0.614. The molecule has 3 rings (SSSR count). The molecule has 0 fully saturated rings. The minimum absolute atomic E-state index is 0.0210. The van der Waals surface area contributed by atoms with Gasteiger partial charge in [0.1, 0.15) is 11.6 Å². The monoisotopic (exact) mass is 384 g/mol. The Hall–Kier alpha value is -3.75. The van der Waals surface area contributed by atoms with Gasteiger partial charge in [-0.15, -0.1) is 5.10 Å². The zero-order valence-electron chi connectivity index (χ0n) is 15.2. The van der Waals surface area contributed by atoms with E-state index in [9.17, 15) is 13.6 Å². The molecule has 2 amide bonds. The molecule has 9 heteroatoms. The van der Waals surface area contributed by atoms with Crippen LogP contribution >= 0.6 is 0 Å². The molecule has 7 nitrogen and oxygen atoms in total. The van der Waals surface area contributed by atoms with Crippen molar-refractivity contribution in [1.29, 1.82) is 0 Å². The number of nitrogens with one attached hydrogen (secondary N) is 3. The van der Waals surface area contributed by atoms with Crippen molar-refractivity contribution in [2.45, 2.75) is 0 Å². The van der Waals surface area contributed by atoms with Crippen LogP contribution in [0.3, 0.4) is 0 Å². The van der Waals surface area contributed by atoms with Crippen LogP contribution in [0, 0.1) is 11.6 Å². The van der Waals surface area contributed by atoms with Crippen LogP contribution in [0.15, 0.2) is 54.7 Å². The van der Waals surface area contributed by atoms with Crippen molar-refractivity contribution in [1.82, 2.24) is 10.2 Å². The van der Waals surface area contributed by atoms with E-state index < -0.39 is 17.7 Å². The van der Waals surface area contributed by atoms with Crippen LogP contribution in [-0.4, -0.2) is 30.3 Å². The number of rotatable bonds is 5. The maximum atomic E-state index is 13.2. The number of nitrogens with zero attached hydrogens (tertiary/aromatic N) is 3. The minimum atomic E-state index is -0.771. The second-order valence-corrected chi connectivity index (χ2v) is 6.13. The predicted molar refractivity (Wildman–Crippen MR) is 105 cm³/mol. The molecular weight excluding hydrogens is 366 g/mol. The Bertz CT molecular complexity index is 958. The Morgan fingerprint density at radius 1 is 0.893 bits per heavy atom. The lowest BCUT2D eigenvalue weighted by molar-refractivity contribution is 0.262. The van der Waals surface area contributed by atoms with Crippen molar-refractivity contribution in [3.05, 3.63) is 66.4 Å². The van der Waals surface area contributed by atoms with Crippen molar-refractivity contribution in [2.75, 3.05) is 34.9 Å². The molecule has 0 saturated carbocycles. The first-order valence-electron chi connectivity index (χ1n) is 8.30. The van der Waals surface area contributed by atoms with Gasteiger partial charge in [-0.2, -0.15) is 5.10 Å². The van der Waals surface area contributed by atoms with Gasteiger partial charge >= 0.3 is 6.03 Å². The van der Waals surface area contributed by atoms with E-state index in [-0.39, 0.29) is 5.69 Å². The van der Waals surface area contributed by atoms with Crippen LogP contribution in [0.25, 0.3) is 0 Å². The Morgan fingerprint density at radius 3 is 2.14 bits per heavy atom. The third-order valence-electron chi connectivity index (χ3n) is 3.69. The smallest absolute Gasteiger partial charge is 0.323 e. The number of aromatic nitrogens is 2. The molecule has 28 heavy (non-hydrogen) atoms. The molecule has 144 valence electrons. The highest BCUT2D eigenvalue weighted by Gasteiger charge is 2.06. The van der Waals surface area contributed by atoms with E-state index in [1.54, 1.807) is 30.5 Å². The molecule has 0 atom stereocenters. The van der Waals surface area contributed by atoms with Gasteiger partial charge in [-0.05, 0) is 36.4 Å². The van der Waals surface area contributed by atoms with Gasteiger partial charge in [0.2, 0.25) is 0 Å². The molecule has 2 aromatic carbocycles. The summed E-state index contributed by atoms with van der Waals surface area (Å²) in [7, 11) is 3.81. The van der Waals surface area contributed by atoms with E-state index in [1.807, 2.05) is 25.1 Å². The number of halogens is 2. The number of amides is 2. The zero-order chi connectivity index (χ0) is 20.1. The number of hydrogen-bond acceptors (Lipinski definition) is 5. The molecule has 1 aromatic heterocycles. The Kier molecular flexibility index (Phi) is 5.64. The Morgan fingerprint density at radius 2 is 1.50 bits per heavy atom. The third kappa shape index (κ3) is 5.13. The molecule has 0 spiro atoms. The number of anilines is 5. The van der Waals surface area contributed by atoms with Crippen molar-refractivity contribution < 1.29 is 13.6 Å². The number of urea groups is 1. The van der Waals surface area contributed by atoms with Gasteiger partial charge in [-0.25, -0.2) is 13.6 Å². The second kappa shape index (κ2) is 8.30. The summed E-state index contributed by atoms with van der Waals surface area (Å²) in [6, 6.07) is 10.9. The van der Waals surface area contributed by atoms with Gasteiger partial charge in [0.25, 0.3) is 0 Å². The highest BCUT2D eigenvalue weighted by molar-refractivity contribution is 5.99. The average Bonchev–Trinajstić information content (AvgIpc) is 2.62. The van der Waals surface area contributed by atoms with Crippen LogP contribution in [0.2, 0.25) is 0 Å². The second-order valence-electron chi connectivity index (χ2n) is 6.13. The fraction of sp³-hybridized carbons (Fsp3) is 0.105. The van der Waals surface area contributed by atoms with Crippen LogP contribution in [0.4, 0.5) is 42.1 Å². The fourth-order valence-corrected chi connectivity index (χ4v) is 2.37. The average molecular weight is 384 g/mol. The maximum Gasteiger partial charge on any atom is 0.323 e. The molecular formula is C19H18F2N6O. The molecule has 0 unspecified atom stereocenters. The SMILES string of the molecule is CN(C)c1cnnc(Nc2ccc(NC(=O)Nc3cc(F)cc(F)c3)cc2)c1. The standard InChI is InChI=1S/C19H18F2N6O/c1-27(2)17-10-18(26-22-11-17)23-14-3-5-15(6-4-14)24-19(28)25-16-8-12(20)7-13(21)9-16/h3-11H,1-2H3,(H,23,26)(H2,24,25,28). The summed E-state index contributed by atoms with van der Waals surface area (Å²) >= 11 is 0. The number of carbonyl (C=O) groups excluding carboxylic acids is 1. The molecule has 3 aromatic rings. The first kappa shape index (κ1) is 19.0. The minimum Gasteiger partial charge on any atom is -0.376 e. The van der Waals surface area contributed by atoms with E-state index in [0.29, 0.717) is 11.5 Å². The summed E-state index contributed by atoms with van der Waals surface area (Å²) in [5.41, 5.74) is 2.19. The number of hydrogen-bond donors (Lipinski definition) is 3. The Balaban J connectivity index is 1.61. The van der Waals surface area contributed by atoms with Gasteiger partial charge in [0, 0.05) is 43.3 Å². The first-order valence-corrected chi connectivity index (χ1v) is 8.30. The molecule has 0 saturated heterocycles. The van der Waals surface area contributed by atoms with Crippen LogP contribution in [0.1, 0.15) is 0 Å². The summed E-state index contributed by atoms with van der Waals surface area (Å²) in [5.74, 6) is -0.961. The molecule has 0 aliphatic carbocycles. The van der Waals surface area contributed by atoms with Gasteiger partial charge < -0.3 is 20.9 Å². The maximum absolute atomic E-state index is 13.2. The fourth-order valence-electron chi connectivity index (χ4n) is 2.37. The summed E-state index contributed by atoms with van der Waals surface area (Å²) in [6.45, 7) is 0. The zero-order valence-corrected chi connectivity index (χ0v) is 15.2. The lowest BCUT2D eigenvalue weighted by Crippen LogP contribution is -2.19. The van der Waals surface area contributed by atoms with Crippen LogP contribution in [0.5, 0.6) is 0 Å². The molecule has 0 radical (unpaired) electrons. The molecule has 3 N–H and O–H groups in total. The summed E-state index contributed by atoms with van der Waals surface area (Å²) in [6.07, 6.45) is 1.65. The van der Waals surface area contributed by atoms with E-state index in [0.717, 1.165) is 29.6 Å². The van der Waals surface area contributed by atoms with Crippen molar-refractivity contribution >= 4 is 34.6 Å².